The lowest BCUT2D eigenvalue weighted by Gasteiger charge is -2.22. The molecular weight excluding hydrogens is 314 g/mol. The Labute approximate surface area is 149 Å². The van der Waals surface area contributed by atoms with Crippen LogP contribution in [0.2, 0.25) is 0 Å². The van der Waals surface area contributed by atoms with E-state index in [2.05, 4.69) is 44.3 Å². The molecule has 0 bridgehead atoms. The molecule has 4 nitrogen and oxygen atoms in total. The van der Waals surface area contributed by atoms with E-state index >= 15 is 0 Å². The summed E-state index contributed by atoms with van der Waals surface area (Å²) in [7, 11) is 0. The van der Waals surface area contributed by atoms with Crippen LogP contribution in [0.4, 0.5) is 4.79 Å². The first-order chi connectivity index (χ1) is 11.9. The second-order valence-corrected chi connectivity index (χ2v) is 7.43. The summed E-state index contributed by atoms with van der Waals surface area (Å²) in [5, 5.41) is 2.80. The molecule has 25 heavy (non-hydrogen) atoms. The average Bonchev–Trinajstić information content (AvgIpc) is 3.01. The van der Waals surface area contributed by atoms with Gasteiger partial charge in [0, 0.05) is 6.42 Å². The van der Waals surface area contributed by atoms with E-state index < -0.39 is 6.09 Å². The van der Waals surface area contributed by atoms with Crippen molar-refractivity contribution in [3.8, 4) is 5.75 Å². The Balaban J connectivity index is 1.51. The number of carbonyl (C=O) groups excluding carboxylic acids is 1. The van der Waals surface area contributed by atoms with Crippen LogP contribution < -0.4 is 10.1 Å². The fourth-order valence-corrected chi connectivity index (χ4v) is 3.01. The predicted molar refractivity (Wildman–Crippen MR) is 97.9 cm³/mol. The van der Waals surface area contributed by atoms with Crippen molar-refractivity contribution in [2.24, 2.45) is 0 Å². The maximum Gasteiger partial charge on any atom is 0.407 e. The van der Waals surface area contributed by atoms with Gasteiger partial charge in [-0.15, -0.1) is 0 Å². The zero-order chi connectivity index (χ0) is 17.9. The minimum Gasteiger partial charge on any atom is -0.488 e. The van der Waals surface area contributed by atoms with Crippen molar-refractivity contribution >= 4 is 6.09 Å². The Morgan fingerprint density at radius 2 is 1.92 bits per heavy atom. The normalized spacial score (nSPS) is 16.0. The molecule has 1 aliphatic heterocycles. The van der Waals surface area contributed by atoms with E-state index in [-0.39, 0.29) is 18.1 Å². The number of ether oxygens (including phenoxy) is 2. The summed E-state index contributed by atoms with van der Waals surface area (Å²) < 4.78 is 11.3. The van der Waals surface area contributed by atoms with Crippen molar-refractivity contribution in [3.63, 3.8) is 0 Å². The summed E-state index contributed by atoms with van der Waals surface area (Å²) in [6.45, 7) is 7.24. The van der Waals surface area contributed by atoms with Gasteiger partial charge < -0.3 is 14.8 Å². The molecule has 0 aliphatic carbocycles. The SMILES string of the molecule is CC(C)(C)c1cccc2c1OC(CNC(=O)OCc1ccccc1)C2. The molecule has 0 radical (unpaired) electrons. The highest BCUT2D eigenvalue weighted by Gasteiger charge is 2.29. The fourth-order valence-electron chi connectivity index (χ4n) is 3.01. The van der Waals surface area contributed by atoms with Gasteiger partial charge in [0.15, 0.2) is 0 Å². The molecule has 1 unspecified atom stereocenters. The molecule has 0 fully saturated rings. The number of para-hydroxylation sites is 1. The van der Waals surface area contributed by atoms with Gasteiger partial charge in [-0.05, 0) is 22.1 Å². The van der Waals surface area contributed by atoms with Gasteiger partial charge in [0.05, 0.1) is 6.54 Å². The molecule has 1 aliphatic rings. The number of fused-ring (bicyclic) bond motifs is 1. The Morgan fingerprint density at radius 1 is 1.16 bits per heavy atom. The van der Waals surface area contributed by atoms with Crippen molar-refractivity contribution in [3.05, 3.63) is 65.2 Å². The van der Waals surface area contributed by atoms with Gasteiger partial charge in [-0.1, -0.05) is 69.3 Å². The summed E-state index contributed by atoms with van der Waals surface area (Å²) in [5.41, 5.74) is 3.41. The molecule has 0 saturated heterocycles. The molecule has 2 aromatic rings. The molecule has 0 saturated carbocycles. The van der Waals surface area contributed by atoms with E-state index in [9.17, 15) is 4.79 Å². The summed E-state index contributed by atoms with van der Waals surface area (Å²) in [6, 6.07) is 15.9. The third kappa shape index (κ3) is 4.32. The zero-order valence-electron chi connectivity index (χ0n) is 15.0. The van der Waals surface area contributed by atoms with Gasteiger partial charge in [-0.3, -0.25) is 0 Å². The Morgan fingerprint density at radius 3 is 2.64 bits per heavy atom. The molecule has 4 heteroatoms. The van der Waals surface area contributed by atoms with Crippen molar-refractivity contribution < 1.29 is 14.3 Å². The Bertz CT molecular complexity index is 735. The second-order valence-electron chi connectivity index (χ2n) is 7.43. The molecule has 1 heterocycles. The Kier molecular flexibility index (Phi) is 4.98. The summed E-state index contributed by atoms with van der Waals surface area (Å²) in [4.78, 5) is 11.9. The molecule has 2 aromatic carbocycles. The zero-order valence-corrected chi connectivity index (χ0v) is 15.0. The van der Waals surface area contributed by atoms with E-state index in [1.54, 1.807) is 0 Å². The minimum absolute atomic E-state index is 0.0300. The van der Waals surface area contributed by atoms with Crippen LogP contribution in [0.15, 0.2) is 48.5 Å². The smallest absolute Gasteiger partial charge is 0.407 e. The molecular formula is C21H25NO3. The first-order valence-electron chi connectivity index (χ1n) is 8.67. The van der Waals surface area contributed by atoms with E-state index in [0.29, 0.717) is 6.54 Å². The molecule has 1 N–H and O–H groups in total. The quantitative estimate of drug-likeness (QED) is 0.907. The van der Waals surface area contributed by atoms with Gasteiger partial charge in [-0.25, -0.2) is 4.79 Å². The summed E-state index contributed by atoms with van der Waals surface area (Å²) in [6.07, 6.45) is 0.334. The number of hydrogen-bond acceptors (Lipinski definition) is 3. The minimum atomic E-state index is -0.417. The number of nitrogens with one attached hydrogen (secondary N) is 1. The molecule has 1 amide bonds. The monoisotopic (exact) mass is 339 g/mol. The van der Waals surface area contributed by atoms with Crippen molar-refractivity contribution in [2.45, 2.75) is 45.3 Å². The van der Waals surface area contributed by atoms with Crippen molar-refractivity contribution in [1.29, 1.82) is 0 Å². The van der Waals surface area contributed by atoms with Gasteiger partial charge in [0.1, 0.15) is 18.5 Å². The van der Waals surface area contributed by atoms with Crippen molar-refractivity contribution in [1.82, 2.24) is 5.32 Å². The highest BCUT2D eigenvalue weighted by molar-refractivity contribution is 5.67. The lowest BCUT2D eigenvalue weighted by molar-refractivity contribution is 0.133. The lowest BCUT2D eigenvalue weighted by Crippen LogP contribution is -2.34. The predicted octanol–water partition coefficient (Wildman–Crippen LogP) is 4.21. The molecule has 3 rings (SSSR count). The number of alkyl carbamates (subject to hydrolysis) is 1. The van der Waals surface area contributed by atoms with E-state index in [4.69, 9.17) is 9.47 Å². The third-order valence-corrected chi connectivity index (χ3v) is 4.32. The van der Waals surface area contributed by atoms with Crippen LogP contribution in [0.1, 0.15) is 37.5 Å². The van der Waals surface area contributed by atoms with Crippen LogP contribution >= 0.6 is 0 Å². The third-order valence-electron chi connectivity index (χ3n) is 4.32. The van der Waals surface area contributed by atoms with Gasteiger partial charge in [0.25, 0.3) is 0 Å². The molecule has 0 aromatic heterocycles. The number of carbonyl (C=O) groups is 1. The number of amides is 1. The summed E-state index contributed by atoms with van der Waals surface area (Å²) >= 11 is 0. The second kappa shape index (κ2) is 7.18. The average molecular weight is 339 g/mol. The molecule has 132 valence electrons. The van der Waals surface area contributed by atoms with Crippen LogP contribution in [0.3, 0.4) is 0 Å². The molecule has 0 spiro atoms. The van der Waals surface area contributed by atoms with Crippen LogP contribution in [-0.4, -0.2) is 18.7 Å². The first kappa shape index (κ1) is 17.3. The number of rotatable bonds is 4. The van der Waals surface area contributed by atoms with Gasteiger partial charge in [-0.2, -0.15) is 0 Å². The van der Waals surface area contributed by atoms with E-state index in [0.717, 1.165) is 17.7 Å². The van der Waals surface area contributed by atoms with Crippen LogP contribution in [0.5, 0.6) is 5.75 Å². The maximum absolute atomic E-state index is 11.9. The molecule has 1 atom stereocenters. The van der Waals surface area contributed by atoms with Crippen molar-refractivity contribution in [2.75, 3.05) is 6.54 Å². The highest BCUT2D eigenvalue weighted by Crippen LogP contribution is 2.38. The van der Waals surface area contributed by atoms with Gasteiger partial charge in [0.2, 0.25) is 0 Å². The number of hydrogen-bond donors (Lipinski definition) is 1. The Hall–Kier alpha value is -2.49. The van der Waals surface area contributed by atoms with Crippen LogP contribution in [-0.2, 0) is 23.2 Å². The maximum atomic E-state index is 11.9. The van der Waals surface area contributed by atoms with Gasteiger partial charge >= 0.3 is 6.09 Å². The topological polar surface area (TPSA) is 47.6 Å². The fraction of sp³-hybridized carbons (Fsp3) is 0.381. The van der Waals surface area contributed by atoms with E-state index in [1.165, 1.54) is 11.1 Å². The standard InChI is InChI=1S/C21H25NO3/c1-21(2,3)18-11-7-10-16-12-17(25-19(16)18)13-22-20(23)24-14-15-8-5-4-6-9-15/h4-11,17H,12-14H2,1-3H3,(H,22,23). The van der Waals surface area contributed by atoms with Crippen LogP contribution in [0, 0.1) is 0 Å². The summed E-state index contributed by atoms with van der Waals surface area (Å²) in [5.74, 6) is 0.972. The first-order valence-corrected chi connectivity index (χ1v) is 8.67. The van der Waals surface area contributed by atoms with E-state index in [1.807, 2.05) is 30.3 Å². The largest absolute Gasteiger partial charge is 0.488 e. The van der Waals surface area contributed by atoms with Crippen LogP contribution in [0.25, 0.3) is 0 Å². The highest BCUT2D eigenvalue weighted by atomic mass is 16.5. The lowest BCUT2D eigenvalue weighted by atomic mass is 9.85. The number of benzene rings is 2.